The van der Waals surface area contributed by atoms with Gasteiger partial charge in [-0.1, -0.05) is 12.2 Å². The monoisotopic (exact) mass is 304 g/mol. The van der Waals surface area contributed by atoms with Crippen LogP contribution in [0.2, 0.25) is 0 Å². The van der Waals surface area contributed by atoms with E-state index in [-0.39, 0.29) is 0 Å². The van der Waals surface area contributed by atoms with Crippen molar-refractivity contribution in [3.05, 3.63) is 34.1 Å². The zero-order valence-corrected chi connectivity index (χ0v) is 13.1. The van der Waals surface area contributed by atoms with E-state index in [1.165, 1.54) is 18.5 Å². The van der Waals surface area contributed by atoms with E-state index in [0.29, 0.717) is 10.9 Å². The van der Waals surface area contributed by atoms with Crippen LogP contribution in [0.1, 0.15) is 41.4 Å². The first-order valence-electron chi connectivity index (χ1n) is 6.55. The molecule has 0 atom stereocenters. The maximum absolute atomic E-state index is 5.82. The highest BCUT2D eigenvalue weighted by atomic mass is 32.1. The van der Waals surface area contributed by atoms with Crippen LogP contribution in [0.4, 0.5) is 10.8 Å². The molecule has 20 heavy (non-hydrogen) atoms. The Morgan fingerprint density at radius 2 is 2.15 bits per heavy atom. The van der Waals surface area contributed by atoms with E-state index in [9.17, 15) is 0 Å². The van der Waals surface area contributed by atoms with Crippen LogP contribution < -0.4 is 11.1 Å². The highest BCUT2D eigenvalue weighted by molar-refractivity contribution is 7.80. The first kappa shape index (κ1) is 13.5. The Labute approximate surface area is 127 Å². The Morgan fingerprint density at radius 1 is 1.40 bits per heavy atom. The third-order valence-corrected chi connectivity index (χ3v) is 4.31. The van der Waals surface area contributed by atoms with Crippen molar-refractivity contribution in [2.24, 2.45) is 5.73 Å². The second kappa shape index (κ2) is 5.10. The summed E-state index contributed by atoms with van der Waals surface area (Å²) in [6, 6.07) is 1.96. The minimum atomic E-state index is 0.358. The molecule has 6 heteroatoms. The lowest BCUT2D eigenvalue weighted by molar-refractivity contribution is 1.05. The van der Waals surface area contributed by atoms with Gasteiger partial charge in [-0.15, -0.1) is 11.3 Å². The van der Waals surface area contributed by atoms with Gasteiger partial charge in [-0.05, 0) is 32.8 Å². The molecule has 3 N–H and O–H groups in total. The molecule has 1 aliphatic carbocycles. The van der Waals surface area contributed by atoms with Gasteiger partial charge in [-0.25, -0.2) is 4.98 Å². The number of hydrogen-bond acceptors (Lipinski definition) is 5. The second-order valence-corrected chi connectivity index (χ2v) is 6.41. The molecule has 1 saturated carbocycles. The summed E-state index contributed by atoms with van der Waals surface area (Å²) < 4.78 is 0. The molecule has 3 rings (SSSR count). The molecule has 0 aromatic carbocycles. The third-order valence-electron chi connectivity index (χ3n) is 3.33. The molecule has 0 saturated heterocycles. The number of nitrogens with zero attached hydrogens (tertiary/aromatic N) is 2. The number of thiazole rings is 1. The van der Waals surface area contributed by atoms with Crippen molar-refractivity contribution in [2.75, 3.05) is 5.32 Å². The first-order valence-corrected chi connectivity index (χ1v) is 7.84. The molecule has 4 nitrogen and oxygen atoms in total. The highest BCUT2D eigenvalue weighted by Gasteiger charge is 2.26. The van der Waals surface area contributed by atoms with Gasteiger partial charge in [0.05, 0.1) is 16.9 Å². The molecule has 0 bridgehead atoms. The van der Waals surface area contributed by atoms with Crippen molar-refractivity contribution in [1.82, 2.24) is 9.97 Å². The summed E-state index contributed by atoms with van der Waals surface area (Å²) in [7, 11) is 0. The number of aryl methyl sites for hydroxylation is 2. The summed E-state index contributed by atoms with van der Waals surface area (Å²) in [5, 5.41) is 6.35. The standard InChI is InChI=1S/C14H16N4S2/c1-7-5-10(12(13(15)19)8(2)16-7)17-14-18-11(6-20-14)9-3-4-9/h5-6,9H,3-4H2,1-2H3,(H2,15,19)(H,16,17,18). The lowest BCUT2D eigenvalue weighted by Crippen LogP contribution is -2.15. The maximum Gasteiger partial charge on any atom is 0.187 e. The van der Waals surface area contributed by atoms with Gasteiger partial charge < -0.3 is 11.1 Å². The zero-order chi connectivity index (χ0) is 14.3. The number of aromatic nitrogens is 2. The first-order chi connectivity index (χ1) is 9.54. The lowest BCUT2D eigenvalue weighted by Gasteiger charge is -2.12. The number of rotatable bonds is 4. The Balaban J connectivity index is 1.93. The van der Waals surface area contributed by atoms with Gasteiger partial charge in [-0.2, -0.15) is 0 Å². The van der Waals surface area contributed by atoms with Gasteiger partial charge in [-0.3, -0.25) is 4.98 Å². The molecule has 0 unspecified atom stereocenters. The molecular weight excluding hydrogens is 288 g/mol. The van der Waals surface area contributed by atoms with E-state index in [2.05, 4.69) is 20.7 Å². The summed E-state index contributed by atoms with van der Waals surface area (Å²) in [5.74, 6) is 0.665. The zero-order valence-electron chi connectivity index (χ0n) is 11.4. The van der Waals surface area contributed by atoms with Crippen molar-refractivity contribution in [3.63, 3.8) is 0 Å². The number of nitrogens with two attached hydrogens (primary N) is 1. The van der Waals surface area contributed by atoms with Crippen LogP contribution in [0.15, 0.2) is 11.4 Å². The summed E-state index contributed by atoms with van der Waals surface area (Å²) in [6.45, 7) is 3.88. The van der Waals surface area contributed by atoms with Gasteiger partial charge in [0.15, 0.2) is 5.13 Å². The van der Waals surface area contributed by atoms with E-state index in [1.54, 1.807) is 11.3 Å². The molecule has 1 fully saturated rings. The van der Waals surface area contributed by atoms with Gasteiger partial charge in [0.2, 0.25) is 0 Å². The topological polar surface area (TPSA) is 63.8 Å². The SMILES string of the molecule is Cc1cc(Nc2nc(C3CC3)cs2)c(C(N)=S)c(C)n1. The normalized spacial score (nSPS) is 14.3. The van der Waals surface area contributed by atoms with Crippen LogP contribution >= 0.6 is 23.6 Å². The minimum absolute atomic E-state index is 0.358. The Morgan fingerprint density at radius 3 is 2.80 bits per heavy atom. The smallest absolute Gasteiger partial charge is 0.187 e. The average molecular weight is 304 g/mol. The molecule has 0 radical (unpaired) electrons. The molecule has 0 spiro atoms. The summed E-state index contributed by atoms with van der Waals surface area (Å²) in [5.41, 5.74) is 10.5. The van der Waals surface area contributed by atoms with Crippen LogP contribution in [0.3, 0.4) is 0 Å². The molecule has 2 aromatic rings. The van der Waals surface area contributed by atoms with Crippen LogP contribution in [0.5, 0.6) is 0 Å². The molecule has 0 aliphatic heterocycles. The van der Waals surface area contributed by atoms with Crippen LogP contribution in [-0.2, 0) is 0 Å². The van der Waals surface area contributed by atoms with E-state index in [4.69, 9.17) is 18.0 Å². The van der Waals surface area contributed by atoms with E-state index in [0.717, 1.165) is 27.8 Å². The maximum atomic E-state index is 5.82. The minimum Gasteiger partial charge on any atom is -0.389 e. The molecule has 2 heterocycles. The van der Waals surface area contributed by atoms with Crippen molar-refractivity contribution >= 4 is 39.4 Å². The van der Waals surface area contributed by atoms with E-state index in [1.807, 2.05) is 19.9 Å². The van der Waals surface area contributed by atoms with Gasteiger partial charge >= 0.3 is 0 Å². The molecule has 104 valence electrons. The van der Waals surface area contributed by atoms with Crippen molar-refractivity contribution < 1.29 is 0 Å². The Bertz CT molecular complexity index is 674. The summed E-state index contributed by atoms with van der Waals surface area (Å²) in [6.07, 6.45) is 2.52. The molecule has 1 aliphatic rings. The predicted molar refractivity (Wildman–Crippen MR) is 87.0 cm³/mol. The summed E-state index contributed by atoms with van der Waals surface area (Å²) in [4.78, 5) is 9.40. The van der Waals surface area contributed by atoms with Gasteiger partial charge in [0, 0.05) is 22.7 Å². The number of nitrogens with one attached hydrogen (secondary N) is 1. The molecular formula is C14H16N4S2. The third kappa shape index (κ3) is 2.66. The van der Waals surface area contributed by atoms with Gasteiger partial charge in [0.25, 0.3) is 0 Å². The van der Waals surface area contributed by atoms with E-state index >= 15 is 0 Å². The van der Waals surface area contributed by atoms with Gasteiger partial charge in [0.1, 0.15) is 4.99 Å². The van der Waals surface area contributed by atoms with Crippen LogP contribution in [-0.4, -0.2) is 15.0 Å². The van der Waals surface area contributed by atoms with Crippen molar-refractivity contribution in [3.8, 4) is 0 Å². The Hall–Kier alpha value is -1.53. The molecule has 0 amide bonds. The fraction of sp³-hybridized carbons (Fsp3) is 0.357. The number of anilines is 2. The average Bonchev–Trinajstić information content (AvgIpc) is 3.09. The number of pyridine rings is 1. The van der Waals surface area contributed by atoms with E-state index < -0.39 is 0 Å². The Kier molecular flexibility index (Phi) is 3.43. The molecule has 2 aromatic heterocycles. The second-order valence-electron chi connectivity index (χ2n) is 5.11. The lowest BCUT2D eigenvalue weighted by atomic mass is 10.1. The fourth-order valence-corrected chi connectivity index (χ4v) is 3.33. The predicted octanol–water partition coefficient (Wildman–Crippen LogP) is 3.41. The number of hydrogen-bond donors (Lipinski definition) is 2. The summed E-state index contributed by atoms with van der Waals surface area (Å²) >= 11 is 6.75. The van der Waals surface area contributed by atoms with Crippen LogP contribution in [0, 0.1) is 13.8 Å². The highest BCUT2D eigenvalue weighted by Crippen LogP contribution is 2.41. The van der Waals surface area contributed by atoms with Crippen molar-refractivity contribution in [1.29, 1.82) is 0 Å². The number of thiocarbonyl (C=S) groups is 1. The fourth-order valence-electron chi connectivity index (χ4n) is 2.26. The quantitative estimate of drug-likeness (QED) is 0.848. The van der Waals surface area contributed by atoms with Crippen molar-refractivity contribution in [2.45, 2.75) is 32.6 Å². The van der Waals surface area contributed by atoms with Crippen LogP contribution in [0.25, 0.3) is 0 Å². The largest absolute Gasteiger partial charge is 0.389 e.